The Morgan fingerprint density at radius 3 is 2.24 bits per heavy atom. The van der Waals surface area contributed by atoms with Crippen molar-refractivity contribution >= 4 is 35.8 Å². The number of rotatable bonds is 7. The zero-order chi connectivity index (χ0) is 26.8. The summed E-state index contributed by atoms with van der Waals surface area (Å²) in [5.41, 5.74) is 9.25. The van der Waals surface area contributed by atoms with E-state index >= 15 is 0 Å². The number of carbonyl (C=O) groups is 2. The molecule has 1 aliphatic carbocycles. The summed E-state index contributed by atoms with van der Waals surface area (Å²) < 4.78 is 10.6. The Morgan fingerprint density at radius 1 is 0.816 bits per heavy atom. The number of aryl methyl sites for hydroxylation is 1. The smallest absolute Gasteiger partial charge is 0.224 e. The Morgan fingerprint density at radius 2 is 1.53 bits per heavy atom. The third kappa shape index (κ3) is 4.48. The van der Waals surface area contributed by atoms with Crippen molar-refractivity contribution in [2.24, 2.45) is 0 Å². The maximum atomic E-state index is 11.5. The molecule has 6 nitrogen and oxygen atoms in total. The summed E-state index contributed by atoms with van der Waals surface area (Å²) in [5, 5.41) is 0.585. The van der Waals surface area contributed by atoms with Crippen molar-refractivity contribution in [3.63, 3.8) is 0 Å². The summed E-state index contributed by atoms with van der Waals surface area (Å²) in [5.74, 6) is 0.588. The Labute approximate surface area is 225 Å². The Bertz CT molecular complexity index is 1610. The summed E-state index contributed by atoms with van der Waals surface area (Å²) in [6.07, 6.45) is 5.25. The van der Waals surface area contributed by atoms with Crippen LogP contribution in [-0.4, -0.2) is 36.8 Å². The first kappa shape index (κ1) is 25.4. The van der Waals surface area contributed by atoms with Crippen LogP contribution in [0.4, 0.5) is 0 Å². The topological polar surface area (TPSA) is 78.4 Å². The van der Waals surface area contributed by atoms with Gasteiger partial charge in [0.1, 0.15) is 0 Å². The Balaban J connectivity index is 1.57. The zero-order valence-corrected chi connectivity index (χ0v) is 22.0. The van der Waals surface area contributed by atoms with Crippen LogP contribution in [0, 0.1) is 6.92 Å². The second kappa shape index (κ2) is 10.6. The number of ether oxygens (including phenoxy) is 2. The standard InChI is InChI=1S/C31H25ClN2O4/c1-18-14-28(34-31(38-3)27(18)17-36)26-9-5-8-25(29(26)32)23-7-4-6-22-19(11-13-24(22)23)15-21-12-10-20(16-35)30(33-21)37-2/h4-10,12,14-17H,11,13H2,1-3H3/b19-15+. The molecular weight excluding hydrogens is 500 g/mol. The number of carbonyl (C=O) groups excluding carboxylic acids is 2. The number of benzene rings is 2. The van der Waals surface area contributed by atoms with E-state index in [0.717, 1.165) is 64.5 Å². The zero-order valence-electron chi connectivity index (χ0n) is 21.2. The average Bonchev–Trinajstić information content (AvgIpc) is 3.35. The van der Waals surface area contributed by atoms with Crippen molar-refractivity contribution in [2.45, 2.75) is 19.8 Å². The number of aldehydes is 2. The van der Waals surface area contributed by atoms with E-state index in [-0.39, 0.29) is 5.88 Å². The molecule has 0 N–H and O–H groups in total. The lowest BCUT2D eigenvalue weighted by atomic mass is 9.94. The molecule has 0 saturated heterocycles. The minimum atomic E-state index is 0.276. The van der Waals surface area contributed by atoms with Crippen LogP contribution in [0.5, 0.6) is 11.8 Å². The van der Waals surface area contributed by atoms with E-state index in [1.807, 2.05) is 49.4 Å². The maximum Gasteiger partial charge on any atom is 0.224 e. The molecule has 0 atom stereocenters. The molecule has 190 valence electrons. The van der Waals surface area contributed by atoms with Gasteiger partial charge < -0.3 is 9.47 Å². The number of fused-ring (bicyclic) bond motifs is 1. The fourth-order valence-corrected chi connectivity index (χ4v) is 5.28. The van der Waals surface area contributed by atoms with Crippen molar-refractivity contribution in [3.05, 3.63) is 93.1 Å². The number of hydrogen-bond acceptors (Lipinski definition) is 6. The van der Waals surface area contributed by atoms with Gasteiger partial charge in [-0.2, -0.15) is 0 Å². The molecule has 7 heteroatoms. The van der Waals surface area contributed by atoms with Gasteiger partial charge in [-0.15, -0.1) is 0 Å². The van der Waals surface area contributed by atoms with Gasteiger partial charge in [-0.1, -0.05) is 48.0 Å². The predicted molar refractivity (Wildman–Crippen MR) is 149 cm³/mol. The molecule has 0 amide bonds. The van der Waals surface area contributed by atoms with Crippen LogP contribution in [-0.2, 0) is 6.42 Å². The summed E-state index contributed by atoms with van der Waals surface area (Å²) in [4.78, 5) is 31.8. The quantitative estimate of drug-likeness (QED) is 0.245. The van der Waals surface area contributed by atoms with Crippen molar-refractivity contribution in [1.29, 1.82) is 0 Å². The highest BCUT2D eigenvalue weighted by Crippen LogP contribution is 2.43. The van der Waals surface area contributed by atoms with E-state index in [1.165, 1.54) is 19.8 Å². The van der Waals surface area contributed by atoms with E-state index in [2.05, 4.69) is 22.1 Å². The fraction of sp³-hybridized carbons (Fsp3) is 0.161. The highest BCUT2D eigenvalue weighted by Gasteiger charge is 2.23. The van der Waals surface area contributed by atoms with Crippen LogP contribution in [0.1, 0.15) is 49.5 Å². The number of pyridine rings is 2. The van der Waals surface area contributed by atoms with Gasteiger partial charge in [-0.3, -0.25) is 9.59 Å². The number of allylic oxidation sites excluding steroid dienone is 1. The molecule has 0 aliphatic heterocycles. The molecule has 0 unspecified atom stereocenters. The number of nitrogens with zero attached hydrogens (tertiary/aromatic N) is 2. The third-order valence-electron chi connectivity index (χ3n) is 6.83. The van der Waals surface area contributed by atoms with E-state index in [9.17, 15) is 9.59 Å². The first-order valence-corrected chi connectivity index (χ1v) is 12.5. The van der Waals surface area contributed by atoms with Crippen LogP contribution in [0.15, 0.2) is 54.6 Å². The molecule has 2 heterocycles. The number of halogens is 1. The molecule has 0 bridgehead atoms. The van der Waals surface area contributed by atoms with Crippen molar-refractivity contribution in [3.8, 4) is 34.1 Å². The second-order valence-corrected chi connectivity index (χ2v) is 9.36. The lowest BCUT2D eigenvalue weighted by Crippen LogP contribution is -1.99. The van der Waals surface area contributed by atoms with E-state index in [0.29, 0.717) is 27.7 Å². The molecule has 2 aromatic carbocycles. The molecule has 0 spiro atoms. The van der Waals surface area contributed by atoms with Gasteiger partial charge in [0.15, 0.2) is 12.6 Å². The van der Waals surface area contributed by atoms with Crippen LogP contribution in [0.3, 0.4) is 0 Å². The molecule has 5 rings (SSSR count). The Hall–Kier alpha value is -4.29. The minimum Gasteiger partial charge on any atom is -0.480 e. The molecule has 0 radical (unpaired) electrons. The molecule has 4 aromatic rings. The van der Waals surface area contributed by atoms with E-state index < -0.39 is 0 Å². The minimum absolute atomic E-state index is 0.276. The third-order valence-corrected chi connectivity index (χ3v) is 7.23. The van der Waals surface area contributed by atoms with Gasteiger partial charge in [0.25, 0.3) is 0 Å². The van der Waals surface area contributed by atoms with Crippen LogP contribution < -0.4 is 9.47 Å². The summed E-state index contributed by atoms with van der Waals surface area (Å²) in [6, 6.07) is 17.5. The molecule has 0 fully saturated rings. The van der Waals surface area contributed by atoms with Gasteiger partial charge in [-0.05, 0) is 71.9 Å². The predicted octanol–water partition coefficient (Wildman–Crippen LogP) is 6.90. The van der Waals surface area contributed by atoms with Gasteiger partial charge in [0.2, 0.25) is 11.8 Å². The second-order valence-electron chi connectivity index (χ2n) is 8.99. The average molecular weight is 525 g/mol. The number of hydrogen-bond donors (Lipinski definition) is 0. The largest absolute Gasteiger partial charge is 0.480 e. The maximum absolute atomic E-state index is 11.5. The van der Waals surface area contributed by atoms with Gasteiger partial charge in [-0.25, -0.2) is 9.97 Å². The monoisotopic (exact) mass is 524 g/mol. The molecule has 1 aliphatic rings. The summed E-state index contributed by atoms with van der Waals surface area (Å²) >= 11 is 7.01. The molecule has 0 saturated carbocycles. The summed E-state index contributed by atoms with van der Waals surface area (Å²) in [6.45, 7) is 1.85. The summed E-state index contributed by atoms with van der Waals surface area (Å²) in [7, 11) is 3.00. The van der Waals surface area contributed by atoms with Crippen LogP contribution in [0.25, 0.3) is 34.0 Å². The molecular formula is C31H25ClN2O4. The van der Waals surface area contributed by atoms with Gasteiger partial charge in [0, 0.05) is 11.1 Å². The van der Waals surface area contributed by atoms with Crippen molar-refractivity contribution in [2.75, 3.05) is 14.2 Å². The van der Waals surface area contributed by atoms with Gasteiger partial charge in [0.05, 0.1) is 41.8 Å². The van der Waals surface area contributed by atoms with E-state index in [1.54, 1.807) is 6.07 Å². The highest BCUT2D eigenvalue weighted by molar-refractivity contribution is 6.36. The van der Waals surface area contributed by atoms with E-state index in [4.69, 9.17) is 21.1 Å². The van der Waals surface area contributed by atoms with Crippen molar-refractivity contribution < 1.29 is 19.1 Å². The first-order chi connectivity index (χ1) is 18.5. The first-order valence-electron chi connectivity index (χ1n) is 12.1. The van der Waals surface area contributed by atoms with Gasteiger partial charge >= 0.3 is 0 Å². The Kier molecular flexibility index (Phi) is 7.07. The molecule has 38 heavy (non-hydrogen) atoms. The van der Waals surface area contributed by atoms with Crippen LogP contribution in [0.2, 0.25) is 5.02 Å². The number of methoxy groups -OCH3 is 2. The highest BCUT2D eigenvalue weighted by atomic mass is 35.5. The SMILES string of the molecule is COc1nc(/C=C2\CCc3c2cccc3-c2cccc(-c3cc(C)c(C=O)c(OC)n3)c2Cl)ccc1C=O. The lowest BCUT2D eigenvalue weighted by molar-refractivity contribution is 0.111. The van der Waals surface area contributed by atoms with Crippen LogP contribution >= 0.6 is 11.6 Å². The van der Waals surface area contributed by atoms with Crippen molar-refractivity contribution in [1.82, 2.24) is 9.97 Å². The fourth-order valence-electron chi connectivity index (χ4n) is 4.96. The molecule has 2 aromatic heterocycles. The normalized spacial score (nSPS) is 13.3. The number of aromatic nitrogens is 2. The lowest BCUT2D eigenvalue weighted by Gasteiger charge is -2.15.